The van der Waals surface area contributed by atoms with Crippen LogP contribution in [0, 0.1) is 11.8 Å². The first-order valence-corrected chi connectivity index (χ1v) is 9.12. The van der Waals surface area contributed by atoms with E-state index >= 15 is 0 Å². The summed E-state index contributed by atoms with van der Waals surface area (Å²) in [6, 6.07) is 19.4. The maximum atomic E-state index is 12.8. The Morgan fingerprint density at radius 2 is 1.35 bits per heavy atom. The van der Waals surface area contributed by atoms with Gasteiger partial charge in [-0.1, -0.05) is 60.7 Å². The average molecular weight is 352 g/mol. The molecule has 0 spiro atoms. The molecule has 0 bridgehead atoms. The SMILES string of the molecule is CCOC(=O)[C@H]1[C@@H](C(=O)O)[C@H](c2ccccc2)CC[C@H]1c1ccccc1. The van der Waals surface area contributed by atoms with Crippen molar-refractivity contribution in [3.05, 3.63) is 71.8 Å². The van der Waals surface area contributed by atoms with Gasteiger partial charge in [0.2, 0.25) is 0 Å². The highest BCUT2D eigenvalue weighted by Gasteiger charge is 2.48. The van der Waals surface area contributed by atoms with Crippen molar-refractivity contribution in [3.8, 4) is 0 Å². The quantitative estimate of drug-likeness (QED) is 0.818. The fourth-order valence-corrected chi connectivity index (χ4v) is 4.24. The van der Waals surface area contributed by atoms with Gasteiger partial charge in [0, 0.05) is 0 Å². The van der Waals surface area contributed by atoms with Crippen LogP contribution in [-0.4, -0.2) is 23.7 Å². The van der Waals surface area contributed by atoms with Crippen LogP contribution in [0.5, 0.6) is 0 Å². The van der Waals surface area contributed by atoms with Crippen molar-refractivity contribution in [1.29, 1.82) is 0 Å². The lowest BCUT2D eigenvalue weighted by atomic mass is 9.63. The largest absolute Gasteiger partial charge is 0.481 e. The first-order valence-electron chi connectivity index (χ1n) is 9.12. The van der Waals surface area contributed by atoms with Crippen LogP contribution in [0.25, 0.3) is 0 Å². The molecule has 0 amide bonds. The number of esters is 1. The Hall–Kier alpha value is -2.62. The van der Waals surface area contributed by atoms with E-state index in [2.05, 4.69) is 0 Å². The minimum absolute atomic E-state index is 0.142. The molecule has 1 fully saturated rings. The van der Waals surface area contributed by atoms with Gasteiger partial charge >= 0.3 is 11.9 Å². The van der Waals surface area contributed by atoms with Crippen LogP contribution in [0.1, 0.15) is 42.7 Å². The Morgan fingerprint density at radius 1 is 0.885 bits per heavy atom. The molecule has 2 aromatic carbocycles. The molecule has 4 heteroatoms. The maximum absolute atomic E-state index is 12.8. The van der Waals surface area contributed by atoms with Crippen molar-refractivity contribution in [1.82, 2.24) is 0 Å². The van der Waals surface area contributed by atoms with Crippen LogP contribution in [-0.2, 0) is 14.3 Å². The highest BCUT2D eigenvalue weighted by Crippen LogP contribution is 2.48. The van der Waals surface area contributed by atoms with Crippen molar-refractivity contribution in [2.24, 2.45) is 11.8 Å². The van der Waals surface area contributed by atoms with E-state index in [4.69, 9.17) is 4.74 Å². The Kier molecular flexibility index (Phi) is 5.71. The summed E-state index contributed by atoms with van der Waals surface area (Å²) in [5.41, 5.74) is 1.98. The van der Waals surface area contributed by atoms with E-state index < -0.39 is 23.8 Å². The van der Waals surface area contributed by atoms with Crippen molar-refractivity contribution >= 4 is 11.9 Å². The second-order valence-electron chi connectivity index (χ2n) is 6.75. The van der Waals surface area contributed by atoms with Crippen molar-refractivity contribution in [2.75, 3.05) is 6.61 Å². The number of carboxylic acids is 1. The lowest BCUT2D eigenvalue weighted by Gasteiger charge is -2.40. The normalized spacial score (nSPS) is 25.4. The molecule has 26 heavy (non-hydrogen) atoms. The topological polar surface area (TPSA) is 63.6 Å². The number of aliphatic carboxylic acids is 1. The molecule has 0 unspecified atom stereocenters. The zero-order chi connectivity index (χ0) is 18.5. The van der Waals surface area contributed by atoms with Crippen LogP contribution in [0.4, 0.5) is 0 Å². The molecule has 4 atom stereocenters. The maximum Gasteiger partial charge on any atom is 0.310 e. The van der Waals surface area contributed by atoms with E-state index in [-0.39, 0.29) is 18.4 Å². The Labute approximate surface area is 153 Å². The van der Waals surface area contributed by atoms with Gasteiger partial charge in [-0.25, -0.2) is 0 Å². The van der Waals surface area contributed by atoms with Gasteiger partial charge in [-0.05, 0) is 42.7 Å². The van der Waals surface area contributed by atoms with Gasteiger partial charge in [-0.2, -0.15) is 0 Å². The van der Waals surface area contributed by atoms with Crippen molar-refractivity contribution < 1.29 is 19.4 Å². The number of ether oxygens (including phenoxy) is 1. The molecule has 4 nitrogen and oxygen atoms in total. The molecule has 0 aliphatic heterocycles. The second kappa shape index (κ2) is 8.17. The Bertz CT molecular complexity index is 741. The number of rotatable bonds is 5. The predicted molar refractivity (Wildman–Crippen MR) is 98.8 cm³/mol. The smallest absolute Gasteiger partial charge is 0.310 e. The van der Waals surface area contributed by atoms with E-state index in [0.29, 0.717) is 0 Å². The van der Waals surface area contributed by atoms with Crippen LogP contribution in [0.2, 0.25) is 0 Å². The van der Waals surface area contributed by atoms with Gasteiger partial charge in [-0.15, -0.1) is 0 Å². The zero-order valence-corrected chi connectivity index (χ0v) is 14.9. The number of hydrogen-bond donors (Lipinski definition) is 1. The van der Waals surface area contributed by atoms with E-state index in [1.54, 1.807) is 6.92 Å². The summed E-state index contributed by atoms with van der Waals surface area (Å²) in [7, 11) is 0. The molecule has 3 rings (SSSR count). The summed E-state index contributed by atoms with van der Waals surface area (Å²) in [4.78, 5) is 25.0. The minimum Gasteiger partial charge on any atom is -0.481 e. The fourth-order valence-electron chi connectivity index (χ4n) is 4.24. The van der Waals surface area contributed by atoms with Crippen molar-refractivity contribution in [2.45, 2.75) is 31.6 Å². The summed E-state index contributed by atoms with van der Waals surface area (Å²) in [6.07, 6.45) is 1.49. The van der Waals surface area contributed by atoms with E-state index in [9.17, 15) is 14.7 Å². The standard InChI is InChI=1S/C22H24O4/c1-2-26-22(25)20-18(16-11-7-4-8-12-16)14-13-17(19(20)21(23)24)15-9-5-3-6-10-15/h3-12,17-20H,2,13-14H2,1H3,(H,23,24)/t17-,18-,19-,20+/m0/s1. The monoisotopic (exact) mass is 352 g/mol. The van der Waals surface area contributed by atoms with Gasteiger partial charge in [-0.3, -0.25) is 9.59 Å². The molecule has 0 saturated heterocycles. The molecular weight excluding hydrogens is 328 g/mol. The van der Waals surface area contributed by atoms with Crippen LogP contribution in [0.3, 0.4) is 0 Å². The molecule has 1 aliphatic carbocycles. The molecule has 0 heterocycles. The average Bonchev–Trinajstić information content (AvgIpc) is 2.68. The molecule has 0 radical (unpaired) electrons. The van der Waals surface area contributed by atoms with Crippen LogP contribution in [0.15, 0.2) is 60.7 Å². The molecular formula is C22H24O4. The van der Waals surface area contributed by atoms with E-state index in [1.807, 2.05) is 60.7 Å². The second-order valence-corrected chi connectivity index (χ2v) is 6.75. The molecule has 1 saturated carbocycles. The number of benzene rings is 2. The number of hydrogen-bond acceptors (Lipinski definition) is 3. The fraction of sp³-hybridized carbons (Fsp3) is 0.364. The molecule has 2 aromatic rings. The number of carbonyl (C=O) groups is 2. The predicted octanol–water partition coefficient (Wildman–Crippen LogP) is 4.23. The van der Waals surface area contributed by atoms with Crippen LogP contribution >= 0.6 is 0 Å². The van der Waals surface area contributed by atoms with Gasteiger partial charge in [0.05, 0.1) is 18.4 Å². The van der Waals surface area contributed by atoms with Gasteiger partial charge in [0.25, 0.3) is 0 Å². The minimum atomic E-state index is -0.933. The van der Waals surface area contributed by atoms with E-state index in [0.717, 1.165) is 24.0 Å². The Morgan fingerprint density at radius 3 is 1.77 bits per heavy atom. The van der Waals surface area contributed by atoms with E-state index in [1.165, 1.54) is 0 Å². The number of carboxylic acid groups (broad SMARTS) is 1. The summed E-state index contributed by atoms with van der Waals surface area (Å²) >= 11 is 0. The third-order valence-corrected chi connectivity index (χ3v) is 5.34. The summed E-state index contributed by atoms with van der Waals surface area (Å²) in [5.74, 6) is -3.16. The zero-order valence-electron chi connectivity index (χ0n) is 14.9. The first kappa shape index (κ1) is 18.2. The lowest BCUT2D eigenvalue weighted by molar-refractivity contribution is -0.161. The van der Waals surface area contributed by atoms with Crippen molar-refractivity contribution in [3.63, 3.8) is 0 Å². The van der Waals surface area contributed by atoms with Crippen LogP contribution < -0.4 is 0 Å². The highest BCUT2D eigenvalue weighted by atomic mass is 16.5. The molecule has 1 N–H and O–H groups in total. The number of carbonyl (C=O) groups excluding carboxylic acids is 1. The van der Waals surface area contributed by atoms with Gasteiger partial charge < -0.3 is 9.84 Å². The summed E-state index contributed by atoms with van der Waals surface area (Å²) < 4.78 is 5.30. The molecule has 1 aliphatic rings. The van der Waals surface area contributed by atoms with Gasteiger partial charge in [0.1, 0.15) is 0 Å². The highest BCUT2D eigenvalue weighted by molar-refractivity contribution is 5.83. The summed E-state index contributed by atoms with van der Waals surface area (Å²) in [5, 5.41) is 10.0. The van der Waals surface area contributed by atoms with Gasteiger partial charge in [0.15, 0.2) is 0 Å². The summed E-state index contributed by atoms with van der Waals surface area (Å²) in [6.45, 7) is 2.00. The lowest BCUT2D eigenvalue weighted by Crippen LogP contribution is -2.42. The Balaban J connectivity index is 2.03. The first-order chi connectivity index (χ1) is 12.6. The third-order valence-electron chi connectivity index (χ3n) is 5.34. The third kappa shape index (κ3) is 3.64. The molecule has 0 aromatic heterocycles. The molecule has 136 valence electrons.